The van der Waals surface area contributed by atoms with Crippen LogP contribution in [0.25, 0.3) is 0 Å². The van der Waals surface area contributed by atoms with Crippen LogP contribution >= 0.6 is 0 Å². The SMILES string of the molecule is Cc1nnnn1Cc1nc(C(C)OCC(C)C)no1. The Balaban J connectivity index is 1.97. The fourth-order valence-corrected chi connectivity index (χ4v) is 1.43. The average Bonchev–Trinajstić information content (AvgIpc) is 2.97. The molecule has 2 aromatic heterocycles. The third-order valence-corrected chi connectivity index (χ3v) is 2.52. The van der Waals surface area contributed by atoms with Gasteiger partial charge < -0.3 is 9.26 Å². The summed E-state index contributed by atoms with van der Waals surface area (Å²) in [6.45, 7) is 8.93. The number of aromatic nitrogens is 6. The predicted octanol–water partition coefficient (Wildman–Crippen LogP) is 1.15. The smallest absolute Gasteiger partial charge is 0.248 e. The first kappa shape index (κ1) is 13.6. The molecule has 0 saturated carbocycles. The quantitative estimate of drug-likeness (QED) is 0.774. The Labute approximate surface area is 111 Å². The third-order valence-electron chi connectivity index (χ3n) is 2.52. The van der Waals surface area contributed by atoms with E-state index in [0.717, 1.165) is 0 Å². The van der Waals surface area contributed by atoms with Crippen LogP contribution in [0, 0.1) is 12.8 Å². The van der Waals surface area contributed by atoms with E-state index in [1.165, 1.54) is 0 Å². The highest BCUT2D eigenvalue weighted by molar-refractivity contribution is 4.91. The van der Waals surface area contributed by atoms with Crippen molar-refractivity contribution >= 4 is 0 Å². The summed E-state index contributed by atoms with van der Waals surface area (Å²) in [5.74, 6) is 2.17. The Morgan fingerprint density at radius 3 is 2.74 bits per heavy atom. The molecule has 104 valence electrons. The summed E-state index contributed by atoms with van der Waals surface area (Å²) < 4.78 is 12.4. The van der Waals surface area contributed by atoms with Gasteiger partial charge in [0.05, 0.1) is 0 Å². The lowest BCUT2D eigenvalue weighted by molar-refractivity contribution is 0.0402. The third kappa shape index (κ3) is 3.57. The van der Waals surface area contributed by atoms with E-state index in [1.807, 2.05) is 13.8 Å². The summed E-state index contributed by atoms with van der Waals surface area (Å²) >= 11 is 0. The normalized spacial score (nSPS) is 13.1. The number of hydrogen-bond acceptors (Lipinski definition) is 7. The number of aryl methyl sites for hydroxylation is 1. The minimum Gasteiger partial charge on any atom is -0.370 e. The van der Waals surface area contributed by atoms with Crippen molar-refractivity contribution in [2.24, 2.45) is 5.92 Å². The predicted molar refractivity (Wildman–Crippen MR) is 65.2 cm³/mol. The first-order chi connectivity index (χ1) is 9.06. The van der Waals surface area contributed by atoms with Crippen LogP contribution in [0.4, 0.5) is 0 Å². The van der Waals surface area contributed by atoms with Crippen LogP contribution in [0.5, 0.6) is 0 Å². The molecule has 0 spiro atoms. The lowest BCUT2D eigenvalue weighted by Crippen LogP contribution is -2.08. The van der Waals surface area contributed by atoms with Crippen molar-refractivity contribution < 1.29 is 9.26 Å². The second-order valence-electron chi connectivity index (χ2n) is 4.80. The number of ether oxygens (including phenoxy) is 1. The Hall–Kier alpha value is -1.83. The topological polar surface area (TPSA) is 91.8 Å². The molecule has 1 unspecified atom stereocenters. The molecular weight excluding hydrogens is 248 g/mol. The highest BCUT2D eigenvalue weighted by Crippen LogP contribution is 2.14. The van der Waals surface area contributed by atoms with E-state index < -0.39 is 0 Å². The van der Waals surface area contributed by atoms with Crippen molar-refractivity contribution in [1.29, 1.82) is 0 Å². The van der Waals surface area contributed by atoms with Gasteiger partial charge in [-0.3, -0.25) is 0 Å². The van der Waals surface area contributed by atoms with Gasteiger partial charge in [0.15, 0.2) is 5.82 Å². The van der Waals surface area contributed by atoms with Crippen LogP contribution in [0.1, 0.15) is 44.4 Å². The van der Waals surface area contributed by atoms with E-state index in [-0.39, 0.29) is 6.10 Å². The molecule has 19 heavy (non-hydrogen) atoms. The average molecular weight is 266 g/mol. The number of nitrogens with zero attached hydrogens (tertiary/aromatic N) is 6. The molecule has 0 aromatic carbocycles. The number of rotatable bonds is 6. The first-order valence-electron chi connectivity index (χ1n) is 6.23. The molecule has 0 amide bonds. The Kier molecular flexibility index (Phi) is 4.20. The van der Waals surface area contributed by atoms with Crippen LogP contribution < -0.4 is 0 Å². The summed E-state index contributed by atoms with van der Waals surface area (Å²) in [6.07, 6.45) is -0.185. The summed E-state index contributed by atoms with van der Waals surface area (Å²) in [5, 5.41) is 15.1. The van der Waals surface area contributed by atoms with E-state index in [1.54, 1.807) is 4.68 Å². The summed E-state index contributed by atoms with van der Waals surface area (Å²) in [7, 11) is 0. The van der Waals surface area contributed by atoms with Gasteiger partial charge in [0.1, 0.15) is 18.5 Å². The zero-order chi connectivity index (χ0) is 13.8. The van der Waals surface area contributed by atoms with Crippen LogP contribution in [0.15, 0.2) is 4.52 Å². The fraction of sp³-hybridized carbons (Fsp3) is 0.727. The molecule has 0 aliphatic carbocycles. The van der Waals surface area contributed by atoms with Crippen LogP contribution in [0.3, 0.4) is 0 Å². The lowest BCUT2D eigenvalue weighted by Gasteiger charge is -2.10. The van der Waals surface area contributed by atoms with E-state index in [2.05, 4.69) is 39.5 Å². The minimum absolute atomic E-state index is 0.185. The summed E-state index contributed by atoms with van der Waals surface area (Å²) in [6, 6.07) is 0. The van der Waals surface area contributed by atoms with Crippen molar-refractivity contribution in [1.82, 2.24) is 30.3 Å². The van der Waals surface area contributed by atoms with Crippen molar-refractivity contribution in [3.63, 3.8) is 0 Å². The van der Waals surface area contributed by atoms with E-state index in [4.69, 9.17) is 9.26 Å². The number of hydrogen-bond donors (Lipinski definition) is 0. The monoisotopic (exact) mass is 266 g/mol. The highest BCUT2D eigenvalue weighted by Gasteiger charge is 2.15. The lowest BCUT2D eigenvalue weighted by atomic mass is 10.2. The fourth-order valence-electron chi connectivity index (χ4n) is 1.43. The van der Waals surface area contributed by atoms with Gasteiger partial charge in [0.2, 0.25) is 5.89 Å². The molecule has 0 bridgehead atoms. The number of tetrazole rings is 1. The second kappa shape index (κ2) is 5.87. The van der Waals surface area contributed by atoms with Gasteiger partial charge in [-0.2, -0.15) is 4.98 Å². The van der Waals surface area contributed by atoms with Gasteiger partial charge in [-0.15, -0.1) is 5.10 Å². The Morgan fingerprint density at radius 2 is 2.11 bits per heavy atom. The Morgan fingerprint density at radius 1 is 1.32 bits per heavy atom. The minimum atomic E-state index is -0.185. The second-order valence-corrected chi connectivity index (χ2v) is 4.80. The molecule has 2 heterocycles. The molecule has 0 N–H and O–H groups in total. The van der Waals surface area contributed by atoms with Crippen molar-refractivity contribution in [3.05, 3.63) is 17.5 Å². The zero-order valence-corrected chi connectivity index (χ0v) is 11.6. The first-order valence-corrected chi connectivity index (χ1v) is 6.23. The molecule has 0 aliphatic rings. The molecule has 0 aliphatic heterocycles. The van der Waals surface area contributed by atoms with Gasteiger partial charge in [0.25, 0.3) is 0 Å². The molecular formula is C11H18N6O2. The zero-order valence-electron chi connectivity index (χ0n) is 11.6. The van der Waals surface area contributed by atoms with Gasteiger partial charge in [-0.25, -0.2) is 4.68 Å². The molecule has 0 fully saturated rings. The van der Waals surface area contributed by atoms with Crippen LogP contribution in [0.2, 0.25) is 0 Å². The van der Waals surface area contributed by atoms with Crippen molar-refractivity contribution in [2.45, 2.75) is 40.3 Å². The van der Waals surface area contributed by atoms with Crippen LogP contribution in [-0.2, 0) is 11.3 Å². The van der Waals surface area contributed by atoms with Gasteiger partial charge in [0, 0.05) is 6.61 Å². The largest absolute Gasteiger partial charge is 0.370 e. The molecule has 2 aromatic rings. The maximum Gasteiger partial charge on any atom is 0.248 e. The van der Waals surface area contributed by atoms with E-state index in [9.17, 15) is 0 Å². The molecule has 0 radical (unpaired) electrons. The molecule has 8 nitrogen and oxygen atoms in total. The maximum absolute atomic E-state index is 5.63. The molecule has 0 saturated heterocycles. The van der Waals surface area contributed by atoms with Crippen LogP contribution in [-0.4, -0.2) is 37.0 Å². The van der Waals surface area contributed by atoms with E-state index >= 15 is 0 Å². The molecule has 8 heteroatoms. The van der Waals surface area contributed by atoms with Gasteiger partial charge in [-0.1, -0.05) is 19.0 Å². The Bertz CT molecular complexity index is 521. The molecule has 1 atom stereocenters. The summed E-state index contributed by atoms with van der Waals surface area (Å²) in [4.78, 5) is 4.28. The highest BCUT2D eigenvalue weighted by atomic mass is 16.5. The summed E-state index contributed by atoms with van der Waals surface area (Å²) in [5.41, 5.74) is 0. The van der Waals surface area contributed by atoms with Crippen molar-refractivity contribution in [2.75, 3.05) is 6.61 Å². The van der Waals surface area contributed by atoms with E-state index in [0.29, 0.717) is 36.6 Å². The van der Waals surface area contributed by atoms with Gasteiger partial charge >= 0.3 is 0 Å². The van der Waals surface area contributed by atoms with Crippen molar-refractivity contribution in [3.8, 4) is 0 Å². The molecule has 2 rings (SSSR count). The van der Waals surface area contributed by atoms with Gasteiger partial charge in [-0.05, 0) is 30.2 Å². The standard InChI is InChI=1S/C11H18N6O2/c1-7(2)6-18-8(3)11-12-10(19-14-11)5-17-9(4)13-15-16-17/h7-8H,5-6H2,1-4H3. The maximum atomic E-state index is 5.63.